The summed E-state index contributed by atoms with van der Waals surface area (Å²) in [7, 11) is -7.67. The van der Waals surface area contributed by atoms with Crippen molar-refractivity contribution in [3.8, 4) is 11.5 Å². The number of carbonyl (C=O) groups excluding carboxylic acids is 1. The van der Waals surface area contributed by atoms with Crippen molar-refractivity contribution in [2.24, 2.45) is 0 Å². The zero-order chi connectivity index (χ0) is 27.4. The number of rotatable bonds is 8. The number of amides is 1. The van der Waals surface area contributed by atoms with Crippen LogP contribution in [0.1, 0.15) is 37.7 Å². The number of nitrogens with zero attached hydrogens (tertiary/aromatic N) is 1. The molecular weight excluding hydrogens is 539 g/mol. The molecular formula is C25H31FN2O8S2. The topological polar surface area (TPSA) is 128 Å². The summed E-state index contributed by atoms with van der Waals surface area (Å²) in [5.41, 5.74) is 2.65. The number of sulfonamides is 1. The third-order valence-electron chi connectivity index (χ3n) is 6.76. The first kappa shape index (κ1) is 28.4. The first-order chi connectivity index (χ1) is 18.0. The van der Waals surface area contributed by atoms with E-state index in [0.29, 0.717) is 30.1 Å². The van der Waals surface area contributed by atoms with E-state index in [2.05, 4.69) is 5.48 Å². The maximum atomic E-state index is 13.7. The fraction of sp³-hybridized carbons (Fsp3) is 0.480. The van der Waals surface area contributed by atoms with Gasteiger partial charge in [-0.1, -0.05) is 12.1 Å². The Balaban J connectivity index is 1.61. The number of ether oxygens (including phenoxy) is 2. The summed E-state index contributed by atoms with van der Waals surface area (Å²) in [6.07, 6.45) is 2.19. The highest BCUT2D eigenvalue weighted by atomic mass is 32.2. The monoisotopic (exact) mass is 570 g/mol. The Hall–Kier alpha value is -2.58. The number of sulfone groups is 1. The molecule has 0 radical (unpaired) electrons. The highest BCUT2D eigenvalue weighted by Crippen LogP contribution is 2.41. The van der Waals surface area contributed by atoms with Gasteiger partial charge < -0.3 is 9.47 Å². The zero-order valence-electron chi connectivity index (χ0n) is 21.0. The second kappa shape index (κ2) is 11.7. The van der Waals surface area contributed by atoms with Gasteiger partial charge in [0.25, 0.3) is 0 Å². The average molecular weight is 571 g/mol. The first-order valence-corrected chi connectivity index (χ1v) is 15.8. The summed E-state index contributed by atoms with van der Waals surface area (Å²) in [5.74, 6) is -0.757. The number of hydroxylamine groups is 1. The molecule has 208 valence electrons. The van der Waals surface area contributed by atoms with Crippen molar-refractivity contribution >= 4 is 25.8 Å². The van der Waals surface area contributed by atoms with Gasteiger partial charge >= 0.3 is 0 Å². The van der Waals surface area contributed by atoms with E-state index in [0.717, 1.165) is 23.4 Å². The molecule has 2 atom stereocenters. The van der Waals surface area contributed by atoms with Crippen molar-refractivity contribution in [1.82, 2.24) is 9.79 Å². The van der Waals surface area contributed by atoms with E-state index < -0.39 is 54.8 Å². The Morgan fingerprint density at radius 2 is 1.76 bits per heavy atom. The van der Waals surface area contributed by atoms with Crippen molar-refractivity contribution in [1.29, 1.82) is 0 Å². The summed E-state index contributed by atoms with van der Waals surface area (Å²) < 4.78 is 75.6. The van der Waals surface area contributed by atoms with Gasteiger partial charge in [0, 0.05) is 26.1 Å². The number of hydrogen-bond acceptors (Lipinski definition) is 8. The van der Waals surface area contributed by atoms with Crippen LogP contribution in [0.2, 0.25) is 0 Å². The molecule has 2 fully saturated rings. The van der Waals surface area contributed by atoms with Gasteiger partial charge in [-0.15, -0.1) is 0 Å². The number of hydrogen-bond donors (Lipinski definition) is 1. The summed E-state index contributed by atoms with van der Waals surface area (Å²) >= 11 is 0. The van der Waals surface area contributed by atoms with Crippen LogP contribution in [-0.2, 0) is 39.0 Å². The van der Waals surface area contributed by atoms with Crippen molar-refractivity contribution in [3.05, 3.63) is 59.9 Å². The van der Waals surface area contributed by atoms with Crippen LogP contribution in [0.5, 0.6) is 11.5 Å². The molecule has 0 spiro atoms. The molecule has 0 saturated carbocycles. The van der Waals surface area contributed by atoms with E-state index in [4.69, 9.17) is 14.3 Å². The SMILES string of the molecule is CS(=O)(=O)N1CCC(CC(=O)NOC2CCCCO2)(c2ccc(Oc3ccc(F)cc3)cc2)S(=O)(=O)CC1. The fourth-order valence-electron chi connectivity index (χ4n) is 4.64. The Kier molecular flexibility index (Phi) is 8.72. The molecule has 38 heavy (non-hydrogen) atoms. The summed E-state index contributed by atoms with van der Waals surface area (Å²) in [6.45, 7) is 0.223. The zero-order valence-corrected chi connectivity index (χ0v) is 22.6. The number of nitrogens with one attached hydrogen (secondary N) is 1. The van der Waals surface area contributed by atoms with Crippen molar-refractivity contribution in [3.63, 3.8) is 0 Å². The summed E-state index contributed by atoms with van der Waals surface area (Å²) in [6, 6.07) is 11.6. The van der Waals surface area contributed by atoms with E-state index in [1.807, 2.05) is 0 Å². The minimum Gasteiger partial charge on any atom is -0.457 e. The largest absolute Gasteiger partial charge is 0.457 e. The van der Waals surface area contributed by atoms with Gasteiger partial charge in [0.2, 0.25) is 15.9 Å². The number of carbonyl (C=O) groups is 1. The molecule has 13 heteroatoms. The Labute approximate surface area is 222 Å². The second-order valence-electron chi connectivity index (χ2n) is 9.42. The van der Waals surface area contributed by atoms with E-state index in [9.17, 15) is 26.0 Å². The Bertz CT molecular complexity index is 1330. The molecule has 2 unspecified atom stereocenters. The lowest BCUT2D eigenvalue weighted by atomic mass is 9.90. The fourth-order valence-corrected chi connectivity index (χ4v) is 7.70. The molecule has 4 rings (SSSR count). The third-order valence-corrected chi connectivity index (χ3v) is 10.6. The highest BCUT2D eigenvalue weighted by Gasteiger charge is 2.49. The van der Waals surface area contributed by atoms with E-state index >= 15 is 0 Å². The smallest absolute Gasteiger partial charge is 0.245 e. The van der Waals surface area contributed by atoms with Crippen LogP contribution in [0.15, 0.2) is 48.5 Å². The lowest BCUT2D eigenvalue weighted by Gasteiger charge is -2.32. The predicted octanol–water partition coefficient (Wildman–Crippen LogP) is 2.86. The molecule has 0 aliphatic carbocycles. The first-order valence-electron chi connectivity index (χ1n) is 12.3. The Morgan fingerprint density at radius 3 is 2.37 bits per heavy atom. The van der Waals surface area contributed by atoms with Gasteiger partial charge in [0.15, 0.2) is 16.1 Å². The molecule has 2 aliphatic rings. The van der Waals surface area contributed by atoms with Gasteiger partial charge in [-0.3, -0.25) is 4.79 Å². The molecule has 2 aromatic rings. The summed E-state index contributed by atoms with van der Waals surface area (Å²) in [4.78, 5) is 18.4. The molecule has 0 aromatic heterocycles. The molecule has 2 aliphatic heterocycles. The van der Waals surface area contributed by atoms with E-state index in [-0.39, 0.29) is 19.5 Å². The number of halogens is 1. The van der Waals surface area contributed by atoms with E-state index in [1.165, 1.54) is 24.3 Å². The van der Waals surface area contributed by atoms with Crippen LogP contribution in [0.4, 0.5) is 4.39 Å². The standard InChI is InChI=1S/C25H31FN2O8S2/c1-37(30,31)28-14-13-25(38(32,33)17-15-28,18-23(29)27-36-24-4-2-3-16-34-24)19-5-9-21(10-6-19)35-22-11-7-20(26)8-12-22/h5-12,24H,2-4,13-18H2,1H3,(H,27,29). The van der Waals surface area contributed by atoms with Crippen molar-refractivity contribution in [2.75, 3.05) is 31.7 Å². The molecule has 0 bridgehead atoms. The van der Waals surface area contributed by atoms with Crippen LogP contribution in [0.3, 0.4) is 0 Å². The Morgan fingerprint density at radius 1 is 1.11 bits per heavy atom. The maximum absolute atomic E-state index is 13.7. The van der Waals surface area contributed by atoms with Gasteiger partial charge in [-0.05, 0) is 61.2 Å². The lowest BCUT2D eigenvalue weighted by molar-refractivity contribution is -0.200. The summed E-state index contributed by atoms with van der Waals surface area (Å²) in [5, 5.41) is 0. The van der Waals surface area contributed by atoms with Crippen molar-refractivity contribution in [2.45, 2.75) is 43.1 Å². The number of benzene rings is 2. The second-order valence-corrected chi connectivity index (χ2v) is 13.8. The van der Waals surface area contributed by atoms with Crippen LogP contribution < -0.4 is 10.2 Å². The van der Waals surface area contributed by atoms with Gasteiger partial charge in [0.05, 0.1) is 18.4 Å². The molecule has 1 N–H and O–H groups in total. The van der Waals surface area contributed by atoms with Gasteiger partial charge in [-0.25, -0.2) is 35.8 Å². The van der Waals surface area contributed by atoms with Crippen molar-refractivity contribution < 1.29 is 40.3 Å². The van der Waals surface area contributed by atoms with E-state index in [1.54, 1.807) is 24.3 Å². The third kappa shape index (κ3) is 6.70. The van der Waals surface area contributed by atoms with Crippen LogP contribution in [-0.4, -0.2) is 65.0 Å². The average Bonchev–Trinajstić information content (AvgIpc) is 3.01. The normalized spacial score (nSPS) is 24.3. The minimum absolute atomic E-state index is 0.0776. The quantitative estimate of drug-likeness (QED) is 0.480. The van der Waals surface area contributed by atoms with Crippen LogP contribution >= 0.6 is 0 Å². The highest BCUT2D eigenvalue weighted by molar-refractivity contribution is 7.92. The maximum Gasteiger partial charge on any atom is 0.245 e. The molecule has 2 aromatic carbocycles. The molecule has 1 amide bonds. The molecule has 2 saturated heterocycles. The predicted molar refractivity (Wildman–Crippen MR) is 137 cm³/mol. The minimum atomic E-state index is -4.02. The lowest BCUT2D eigenvalue weighted by Crippen LogP contribution is -2.43. The van der Waals surface area contributed by atoms with Gasteiger partial charge in [0.1, 0.15) is 22.1 Å². The molecule has 2 heterocycles. The van der Waals surface area contributed by atoms with Gasteiger partial charge in [-0.2, -0.15) is 0 Å². The van der Waals surface area contributed by atoms with Crippen LogP contribution in [0, 0.1) is 5.82 Å². The molecule has 10 nitrogen and oxygen atoms in total. The van der Waals surface area contributed by atoms with Crippen LogP contribution in [0.25, 0.3) is 0 Å².